The fourth-order valence-corrected chi connectivity index (χ4v) is 19.6. The van der Waals surface area contributed by atoms with E-state index in [9.17, 15) is 16.8 Å². The molecule has 0 unspecified atom stereocenters. The minimum Gasteiger partial charge on any atom is -0.223 e. The normalized spacial score (nSPS) is 15.6. The van der Waals surface area contributed by atoms with Crippen molar-refractivity contribution in [1.82, 2.24) is 0 Å². The maximum atomic E-state index is 12.4. The van der Waals surface area contributed by atoms with Crippen LogP contribution in [0.4, 0.5) is 0 Å². The van der Waals surface area contributed by atoms with Crippen LogP contribution in [0.2, 0.25) is 0 Å². The maximum absolute atomic E-state index is 12.4. The van der Waals surface area contributed by atoms with Crippen LogP contribution in [0.5, 0.6) is 0 Å². The lowest BCUT2D eigenvalue weighted by Crippen LogP contribution is -2.35. The largest absolute Gasteiger partial charge is 0.237 e. The predicted molar refractivity (Wildman–Crippen MR) is 137 cm³/mol. The molecule has 0 amide bonds. The molecule has 0 aromatic carbocycles. The number of alkyl halides is 10. The van der Waals surface area contributed by atoms with Crippen LogP contribution in [-0.4, -0.2) is 24.9 Å². The standard InChI is InChI=1S/C8H8Br10O4S2/c9-5(10,23(19,20)7(13,14)15)3-1-2-4-6(11,12)24(21,22)8(16,17)18/h1-4H2. The molecule has 0 atom stereocenters. The van der Waals surface area contributed by atoms with Gasteiger partial charge >= 0.3 is 0 Å². The van der Waals surface area contributed by atoms with E-state index in [0.29, 0.717) is 12.8 Å². The molecule has 0 radical (unpaired) electrons. The second kappa shape index (κ2) is 9.88. The lowest BCUT2D eigenvalue weighted by Gasteiger charge is -2.28. The van der Waals surface area contributed by atoms with Gasteiger partial charge in [-0.25, -0.2) is 16.8 Å². The molecule has 0 aromatic heterocycles. The summed E-state index contributed by atoms with van der Waals surface area (Å²) in [6, 6.07) is 0. The fraction of sp³-hybridized carbons (Fsp3) is 1.00. The van der Waals surface area contributed by atoms with Gasteiger partial charge in [0.1, 0.15) is 0 Å². The van der Waals surface area contributed by atoms with Crippen LogP contribution in [0.15, 0.2) is 0 Å². The summed E-state index contributed by atoms with van der Waals surface area (Å²) in [6.45, 7) is 0. The van der Waals surface area contributed by atoms with Gasteiger partial charge in [0.15, 0.2) is 5.13 Å². The highest BCUT2D eigenvalue weighted by Gasteiger charge is 2.52. The number of hydrogen-bond donors (Lipinski definition) is 0. The monoisotopic (exact) mass is 1020 g/mol. The van der Waals surface area contributed by atoms with Gasteiger partial charge in [-0.2, -0.15) is 0 Å². The van der Waals surface area contributed by atoms with Gasteiger partial charge in [-0.3, -0.25) is 0 Å². The molecule has 0 aliphatic rings. The molecule has 0 fully saturated rings. The third-order valence-corrected chi connectivity index (χ3v) is 20.2. The van der Waals surface area contributed by atoms with Crippen molar-refractivity contribution in [3.8, 4) is 0 Å². The van der Waals surface area contributed by atoms with Crippen molar-refractivity contribution >= 4 is 179 Å². The van der Waals surface area contributed by atoms with Gasteiger partial charge < -0.3 is 0 Å². The van der Waals surface area contributed by atoms with Crippen molar-refractivity contribution < 1.29 is 16.8 Å². The molecular formula is C8H8Br10O4S2. The Kier molecular flexibility index (Phi) is 11.8. The SMILES string of the molecule is O=S(=O)(C(Br)(Br)Br)C(Br)(Br)CCCCC(Br)(Br)S(=O)(=O)C(Br)(Br)Br. The summed E-state index contributed by atoms with van der Waals surface area (Å²) in [6.07, 6.45) is 1.29. The van der Waals surface area contributed by atoms with Crippen LogP contribution < -0.4 is 0 Å². The maximum Gasteiger partial charge on any atom is 0.237 e. The Balaban J connectivity index is 4.93. The molecule has 0 bridgehead atoms. The van der Waals surface area contributed by atoms with Crippen LogP contribution in [-0.2, 0) is 19.7 Å². The number of halogens is 10. The third kappa shape index (κ3) is 7.14. The van der Waals surface area contributed by atoms with Gasteiger partial charge in [0.05, 0.1) is 0 Å². The van der Waals surface area contributed by atoms with Crippen LogP contribution in [0, 0.1) is 0 Å². The molecule has 0 aliphatic heterocycles. The van der Waals surface area contributed by atoms with E-state index in [2.05, 4.69) is 159 Å². The van der Waals surface area contributed by atoms with Crippen molar-refractivity contribution in [1.29, 1.82) is 0 Å². The van der Waals surface area contributed by atoms with Crippen LogP contribution in [0.1, 0.15) is 25.7 Å². The summed E-state index contributed by atoms with van der Waals surface area (Å²) in [4.78, 5) is 0. The number of sulfone groups is 2. The van der Waals surface area contributed by atoms with Gasteiger partial charge in [0.25, 0.3) is 0 Å². The summed E-state index contributed by atoms with van der Waals surface area (Å²) in [7, 11) is -7.45. The Morgan fingerprint density at radius 3 is 0.875 bits per heavy atom. The van der Waals surface area contributed by atoms with Gasteiger partial charge in [0, 0.05) is 0 Å². The number of hydrogen-bond acceptors (Lipinski definition) is 4. The zero-order chi connectivity index (χ0) is 19.8. The van der Waals surface area contributed by atoms with E-state index in [1.165, 1.54) is 0 Å². The van der Waals surface area contributed by atoms with Gasteiger partial charge in [-0.05, 0) is 108 Å². The lowest BCUT2D eigenvalue weighted by molar-refractivity contribution is 0.573. The van der Waals surface area contributed by atoms with E-state index in [-0.39, 0.29) is 12.8 Å². The first-order chi connectivity index (χ1) is 10.2. The third-order valence-electron chi connectivity index (χ3n) is 2.58. The molecule has 0 saturated carbocycles. The first kappa shape index (κ1) is 28.7. The van der Waals surface area contributed by atoms with E-state index in [0.717, 1.165) is 0 Å². The highest BCUT2D eigenvalue weighted by atomic mass is 80.0. The molecule has 0 spiro atoms. The summed E-state index contributed by atoms with van der Waals surface area (Å²) < 4.78 is 43.8. The molecule has 0 rings (SSSR count). The van der Waals surface area contributed by atoms with E-state index in [1.54, 1.807) is 0 Å². The minimum atomic E-state index is -3.72. The Morgan fingerprint density at radius 2 is 0.708 bits per heavy atom. The molecule has 24 heavy (non-hydrogen) atoms. The summed E-state index contributed by atoms with van der Waals surface area (Å²) in [5.74, 6) is 0. The topological polar surface area (TPSA) is 68.3 Å². The van der Waals surface area contributed by atoms with E-state index >= 15 is 0 Å². The van der Waals surface area contributed by atoms with E-state index < -0.39 is 27.8 Å². The van der Waals surface area contributed by atoms with Crippen LogP contribution in [0.3, 0.4) is 0 Å². The quantitative estimate of drug-likeness (QED) is 0.193. The Labute approximate surface area is 225 Å². The average molecular weight is 1030 g/mol. The van der Waals surface area contributed by atoms with Crippen molar-refractivity contribution in [2.24, 2.45) is 0 Å². The summed E-state index contributed by atoms with van der Waals surface area (Å²) in [5.41, 5.74) is 0. The first-order valence-electron chi connectivity index (χ1n) is 5.58. The molecule has 0 N–H and O–H groups in total. The molecule has 16 heteroatoms. The fourth-order valence-electron chi connectivity index (χ4n) is 1.27. The molecule has 0 aliphatic carbocycles. The molecule has 4 nitrogen and oxygen atoms in total. The molecule has 0 aromatic rings. The van der Waals surface area contributed by atoms with Crippen LogP contribution in [0.25, 0.3) is 0 Å². The zero-order valence-corrected chi connectivity index (χ0v) is 28.6. The number of unbranched alkanes of at least 4 members (excludes halogenated alkanes) is 1. The highest BCUT2D eigenvalue weighted by molar-refractivity contribution is 9.43. The Hall–Kier alpha value is 4.70. The van der Waals surface area contributed by atoms with Gasteiger partial charge in [-0.15, -0.1) is 0 Å². The predicted octanol–water partition coefficient (Wildman–Crippen LogP) is 7.86. The Bertz CT molecular complexity index is 585. The van der Waals surface area contributed by atoms with Crippen molar-refractivity contribution in [3.05, 3.63) is 0 Å². The van der Waals surface area contributed by atoms with E-state index in [1.807, 2.05) is 0 Å². The second-order valence-electron chi connectivity index (χ2n) is 4.38. The lowest BCUT2D eigenvalue weighted by atomic mass is 10.2. The van der Waals surface area contributed by atoms with Gasteiger partial charge in [-0.1, -0.05) is 76.6 Å². The average Bonchev–Trinajstić information content (AvgIpc) is 2.31. The molecule has 146 valence electrons. The number of rotatable bonds is 7. The molecule has 0 heterocycles. The van der Waals surface area contributed by atoms with Crippen LogP contribution >= 0.6 is 159 Å². The summed E-state index contributed by atoms with van der Waals surface area (Å²) in [5, 5.41) is 0. The Morgan fingerprint density at radius 1 is 0.500 bits per heavy atom. The second-order valence-corrected chi connectivity index (χ2v) is 35.3. The smallest absolute Gasteiger partial charge is 0.223 e. The minimum absolute atomic E-state index is 0.206. The highest BCUT2D eigenvalue weighted by Crippen LogP contribution is 2.53. The molecular weight excluding hydrogens is 1020 g/mol. The summed E-state index contributed by atoms with van der Waals surface area (Å²) >= 11 is 30.7. The van der Waals surface area contributed by atoms with E-state index in [4.69, 9.17) is 0 Å². The van der Waals surface area contributed by atoms with Crippen molar-refractivity contribution in [3.63, 3.8) is 0 Å². The van der Waals surface area contributed by atoms with Gasteiger partial charge in [0.2, 0.25) is 22.6 Å². The van der Waals surface area contributed by atoms with Crippen molar-refractivity contribution in [2.75, 3.05) is 0 Å². The first-order valence-corrected chi connectivity index (χ1v) is 16.5. The van der Waals surface area contributed by atoms with Crippen molar-refractivity contribution in [2.45, 2.75) is 33.8 Å². The molecule has 0 saturated heterocycles. The zero-order valence-electron chi connectivity index (χ0n) is 11.1.